The van der Waals surface area contributed by atoms with Gasteiger partial charge in [-0.1, -0.05) is 17.7 Å². The molecule has 17 heavy (non-hydrogen) atoms. The summed E-state index contributed by atoms with van der Waals surface area (Å²) in [6.45, 7) is 2.07. The molecule has 3 nitrogen and oxygen atoms in total. The first-order valence-electron chi connectivity index (χ1n) is 5.66. The molecule has 1 N–H and O–H groups in total. The van der Waals surface area contributed by atoms with Crippen molar-refractivity contribution in [1.82, 2.24) is 5.32 Å². The maximum Gasteiger partial charge on any atom is 0.220 e. The predicted octanol–water partition coefficient (Wildman–Crippen LogP) is 2.56. The van der Waals surface area contributed by atoms with Crippen molar-refractivity contribution in [3.63, 3.8) is 0 Å². The van der Waals surface area contributed by atoms with Gasteiger partial charge in [0.15, 0.2) is 0 Å². The van der Waals surface area contributed by atoms with Gasteiger partial charge in [0.2, 0.25) is 5.91 Å². The molecule has 0 radical (unpaired) electrons. The molecule has 1 aromatic rings. The number of hydrogen-bond donors (Lipinski definition) is 1. The molecular weight excluding hydrogens is 238 g/mol. The van der Waals surface area contributed by atoms with Crippen molar-refractivity contribution in [3.8, 4) is 5.75 Å². The zero-order valence-electron chi connectivity index (χ0n) is 10.0. The van der Waals surface area contributed by atoms with Crippen LogP contribution in [0.5, 0.6) is 5.75 Å². The maximum atomic E-state index is 11.3. The van der Waals surface area contributed by atoms with Gasteiger partial charge in [0.05, 0.1) is 12.1 Å². The highest BCUT2D eigenvalue weighted by molar-refractivity contribution is 6.32. The number of ether oxygens (including phenoxy) is 1. The van der Waals surface area contributed by atoms with E-state index in [1.807, 2.05) is 18.2 Å². The number of carbonyl (C=O) groups is 1. The van der Waals surface area contributed by atoms with Gasteiger partial charge in [-0.3, -0.25) is 4.79 Å². The number of rotatable bonds is 3. The van der Waals surface area contributed by atoms with E-state index in [2.05, 4.69) is 12.2 Å². The van der Waals surface area contributed by atoms with Crippen LogP contribution in [-0.4, -0.2) is 18.6 Å². The lowest BCUT2D eigenvalue weighted by molar-refractivity contribution is -0.119. The lowest BCUT2D eigenvalue weighted by Crippen LogP contribution is -2.40. The zero-order chi connectivity index (χ0) is 12.5. The summed E-state index contributed by atoms with van der Waals surface area (Å²) < 4.78 is 5.11. The summed E-state index contributed by atoms with van der Waals surface area (Å²) in [5, 5.41) is 3.62. The Morgan fingerprint density at radius 1 is 1.53 bits per heavy atom. The average Bonchev–Trinajstić information content (AvgIpc) is 2.58. The molecule has 92 valence electrons. The van der Waals surface area contributed by atoms with Crippen molar-refractivity contribution in [1.29, 1.82) is 0 Å². The van der Waals surface area contributed by atoms with Crippen LogP contribution in [-0.2, 0) is 11.2 Å². The molecule has 1 heterocycles. The van der Waals surface area contributed by atoms with E-state index in [4.69, 9.17) is 16.3 Å². The topological polar surface area (TPSA) is 38.3 Å². The largest absolute Gasteiger partial charge is 0.495 e. The Balaban J connectivity index is 2.14. The quantitative estimate of drug-likeness (QED) is 0.899. The summed E-state index contributed by atoms with van der Waals surface area (Å²) >= 11 is 6.08. The number of amides is 1. The molecule has 1 fully saturated rings. The minimum absolute atomic E-state index is 0.132. The fourth-order valence-electron chi connectivity index (χ4n) is 2.25. The van der Waals surface area contributed by atoms with Crippen LogP contribution in [0, 0.1) is 0 Å². The summed E-state index contributed by atoms with van der Waals surface area (Å²) in [7, 11) is 1.60. The lowest BCUT2D eigenvalue weighted by atomic mass is 9.91. The van der Waals surface area contributed by atoms with Crippen LogP contribution in [0.3, 0.4) is 0 Å². The van der Waals surface area contributed by atoms with E-state index < -0.39 is 0 Å². The first-order chi connectivity index (χ1) is 8.02. The number of halogens is 1. The standard InChI is InChI=1S/C13H16ClNO2/c1-13(6-5-12(16)15-13)8-9-3-4-11(17-2)10(14)7-9/h3-4,7H,5-6,8H2,1-2H3,(H,15,16). The Kier molecular flexibility index (Phi) is 3.29. The number of benzene rings is 1. The van der Waals surface area contributed by atoms with Gasteiger partial charge in [-0.15, -0.1) is 0 Å². The number of hydrogen-bond acceptors (Lipinski definition) is 2. The highest BCUT2D eigenvalue weighted by Gasteiger charge is 2.32. The van der Waals surface area contributed by atoms with Crippen LogP contribution in [0.4, 0.5) is 0 Å². The second kappa shape index (κ2) is 4.57. The third-order valence-electron chi connectivity index (χ3n) is 3.16. The molecule has 1 atom stereocenters. The summed E-state index contributed by atoms with van der Waals surface area (Å²) in [5.41, 5.74) is 0.968. The second-order valence-electron chi connectivity index (χ2n) is 4.75. The zero-order valence-corrected chi connectivity index (χ0v) is 10.8. The Labute approximate surface area is 106 Å². The van der Waals surface area contributed by atoms with Crippen LogP contribution in [0.15, 0.2) is 18.2 Å². The minimum atomic E-state index is -0.144. The molecule has 0 aromatic heterocycles. The molecule has 0 bridgehead atoms. The van der Waals surface area contributed by atoms with Crippen molar-refractivity contribution < 1.29 is 9.53 Å². The smallest absolute Gasteiger partial charge is 0.220 e. The Bertz CT molecular complexity index is 447. The van der Waals surface area contributed by atoms with E-state index >= 15 is 0 Å². The molecule has 1 aliphatic heterocycles. The normalized spacial score (nSPS) is 23.6. The number of nitrogens with one attached hydrogen (secondary N) is 1. The summed E-state index contributed by atoms with van der Waals surface area (Å²) in [6, 6.07) is 5.74. The van der Waals surface area contributed by atoms with Gasteiger partial charge in [0.25, 0.3) is 0 Å². The highest BCUT2D eigenvalue weighted by atomic mass is 35.5. The second-order valence-corrected chi connectivity index (χ2v) is 5.16. The highest BCUT2D eigenvalue weighted by Crippen LogP contribution is 2.29. The fraction of sp³-hybridized carbons (Fsp3) is 0.462. The molecule has 1 aliphatic rings. The molecule has 0 saturated carbocycles. The SMILES string of the molecule is COc1ccc(CC2(C)CCC(=O)N2)cc1Cl. The predicted molar refractivity (Wildman–Crippen MR) is 67.5 cm³/mol. The van der Waals surface area contributed by atoms with Gasteiger partial charge in [-0.25, -0.2) is 0 Å². The minimum Gasteiger partial charge on any atom is -0.495 e. The van der Waals surface area contributed by atoms with Gasteiger partial charge >= 0.3 is 0 Å². The van der Waals surface area contributed by atoms with Crippen molar-refractivity contribution in [2.24, 2.45) is 0 Å². The molecule has 1 amide bonds. The molecule has 1 saturated heterocycles. The molecule has 0 aliphatic carbocycles. The monoisotopic (exact) mass is 253 g/mol. The summed E-state index contributed by atoms with van der Waals surface area (Å²) in [5.74, 6) is 0.808. The van der Waals surface area contributed by atoms with Gasteiger partial charge in [0, 0.05) is 12.0 Å². The molecule has 1 unspecified atom stereocenters. The van der Waals surface area contributed by atoms with E-state index in [0.717, 1.165) is 18.4 Å². The van der Waals surface area contributed by atoms with E-state index in [-0.39, 0.29) is 11.4 Å². The molecule has 1 aromatic carbocycles. The van der Waals surface area contributed by atoms with Crippen LogP contribution in [0.2, 0.25) is 5.02 Å². The fourth-order valence-corrected chi connectivity index (χ4v) is 2.53. The van der Waals surface area contributed by atoms with Gasteiger partial charge in [-0.2, -0.15) is 0 Å². The molecular formula is C13H16ClNO2. The average molecular weight is 254 g/mol. The lowest BCUT2D eigenvalue weighted by Gasteiger charge is -2.24. The van der Waals surface area contributed by atoms with Crippen LogP contribution in [0.1, 0.15) is 25.3 Å². The number of carbonyl (C=O) groups excluding carboxylic acids is 1. The Morgan fingerprint density at radius 3 is 2.82 bits per heavy atom. The first-order valence-corrected chi connectivity index (χ1v) is 6.04. The van der Waals surface area contributed by atoms with Crippen molar-refractivity contribution in [3.05, 3.63) is 28.8 Å². The van der Waals surface area contributed by atoms with Crippen LogP contribution in [0.25, 0.3) is 0 Å². The maximum absolute atomic E-state index is 11.3. The summed E-state index contributed by atoms with van der Waals surface area (Å²) in [4.78, 5) is 11.3. The molecule has 0 spiro atoms. The van der Waals surface area contributed by atoms with Crippen molar-refractivity contribution in [2.75, 3.05) is 7.11 Å². The van der Waals surface area contributed by atoms with Crippen molar-refractivity contribution >= 4 is 17.5 Å². The van der Waals surface area contributed by atoms with E-state index in [1.165, 1.54) is 0 Å². The van der Waals surface area contributed by atoms with Crippen LogP contribution < -0.4 is 10.1 Å². The number of methoxy groups -OCH3 is 1. The van der Waals surface area contributed by atoms with Crippen LogP contribution >= 0.6 is 11.6 Å². The van der Waals surface area contributed by atoms with Gasteiger partial charge in [0.1, 0.15) is 5.75 Å². The summed E-state index contributed by atoms with van der Waals surface area (Å²) in [6.07, 6.45) is 2.28. The molecule has 2 rings (SSSR count). The van der Waals surface area contributed by atoms with Gasteiger partial charge in [-0.05, 0) is 37.5 Å². The Morgan fingerprint density at radius 2 is 2.29 bits per heavy atom. The van der Waals surface area contributed by atoms with Gasteiger partial charge < -0.3 is 10.1 Å². The van der Waals surface area contributed by atoms with E-state index in [0.29, 0.717) is 17.2 Å². The van der Waals surface area contributed by atoms with Crippen molar-refractivity contribution in [2.45, 2.75) is 31.7 Å². The first kappa shape index (κ1) is 12.2. The Hall–Kier alpha value is -1.22. The third kappa shape index (κ3) is 2.72. The van der Waals surface area contributed by atoms with E-state index in [9.17, 15) is 4.79 Å². The third-order valence-corrected chi connectivity index (χ3v) is 3.45. The molecule has 4 heteroatoms. The van der Waals surface area contributed by atoms with E-state index in [1.54, 1.807) is 7.11 Å².